The summed E-state index contributed by atoms with van der Waals surface area (Å²) in [4.78, 5) is 10.8. The molecule has 0 bridgehead atoms. The minimum Gasteiger partial charge on any atom is -0.393 e. The van der Waals surface area contributed by atoms with Crippen molar-refractivity contribution in [3.8, 4) is 12.3 Å². The lowest BCUT2D eigenvalue weighted by atomic mass is 10.0. The van der Waals surface area contributed by atoms with Gasteiger partial charge in [0.15, 0.2) is 0 Å². The Balaban J connectivity index is 3.30. The summed E-state index contributed by atoms with van der Waals surface area (Å²) in [5.41, 5.74) is 0. The average Bonchev–Trinajstić information content (AvgIpc) is 2.50. The molecular formula is C20H36O3. The first-order chi connectivity index (χ1) is 11.1. The topological polar surface area (TPSA) is 57.5 Å². The number of aliphatic hydroxyl groups excluding tert-OH is 2. The molecule has 0 heterocycles. The molecular weight excluding hydrogens is 288 g/mol. The standard InChI is InChI=1S/C20H36O3/c1-3-4-5-6-7-8-9-10-11-12-13-14-19(22)17-20(23)16-15-18(2)21/h1,19-20,22-23H,4-17H2,2H3/t19-,20+/m0/s1. The number of terminal acetylenes is 1. The summed E-state index contributed by atoms with van der Waals surface area (Å²) in [5, 5.41) is 19.6. The second kappa shape index (κ2) is 16.0. The van der Waals surface area contributed by atoms with E-state index in [1.54, 1.807) is 0 Å². The highest BCUT2D eigenvalue weighted by Gasteiger charge is 2.12. The third-order valence-electron chi connectivity index (χ3n) is 4.23. The predicted molar refractivity (Wildman–Crippen MR) is 96.2 cm³/mol. The molecule has 0 aliphatic carbocycles. The first kappa shape index (κ1) is 22.1. The molecule has 0 radical (unpaired) electrons. The fourth-order valence-corrected chi connectivity index (χ4v) is 2.76. The van der Waals surface area contributed by atoms with Gasteiger partial charge < -0.3 is 15.0 Å². The van der Waals surface area contributed by atoms with Crippen molar-refractivity contribution < 1.29 is 15.0 Å². The summed E-state index contributed by atoms with van der Waals surface area (Å²) in [6, 6.07) is 0. The molecule has 0 spiro atoms. The Labute approximate surface area is 142 Å². The Morgan fingerprint density at radius 3 is 1.87 bits per heavy atom. The van der Waals surface area contributed by atoms with E-state index < -0.39 is 12.2 Å². The molecule has 0 saturated carbocycles. The molecule has 0 saturated heterocycles. The number of Topliss-reactive ketones (excluding diaryl/α,β-unsaturated/α-hetero) is 1. The number of hydrogen-bond donors (Lipinski definition) is 2. The van der Waals surface area contributed by atoms with Crippen LogP contribution in [0.15, 0.2) is 0 Å². The van der Waals surface area contributed by atoms with Gasteiger partial charge in [-0.3, -0.25) is 0 Å². The number of hydrogen-bond acceptors (Lipinski definition) is 3. The van der Waals surface area contributed by atoms with Crippen molar-refractivity contribution in [3.05, 3.63) is 0 Å². The van der Waals surface area contributed by atoms with Crippen molar-refractivity contribution in [1.29, 1.82) is 0 Å². The van der Waals surface area contributed by atoms with Gasteiger partial charge in [-0.05, 0) is 32.6 Å². The van der Waals surface area contributed by atoms with Crippen molar-refractivity contribution in [2.24, 2.45) is 0 Å². The number of rotatable bonds is 16. The monoisotopic (exact) mass is 324 g/mol. The molecule has 0 aliphatic heterocycles. The van der Waals surface area contributed by atoms with E-state index in [1.165, 1.54) is 45.4 Å². The molecule has 3 heteroatoms. The Morgan fingerprint density at radius 1 is 0.870 bits per heavy atom. The molecule has 0 amide bonds. The van der Waals surface area contributed by atoms with Crippen LogP contribution < -0.4 is 0 Å². The van der Waals surface area contributed by atoms with Crippen molar-refractivity contribution in [1.82, 2.24) is 0 Å². The molecule has 0 aliphatic rings. The van der Waals surface area contributed by atoms with E-state index in [2.05, 4.69) is 5.92 Å². The third kappa shape index (κ3) is 17.3. The summed E-state index contributed by atoms with van der Waals surface area (Å²) in [5.74, 6) is 2.77. The molecule has 0 fully saturated rings. The van der Waals surface area contributed by atoms with Crippen LogP contribution in [0.25, 0.3) is 0 Å². The van der Waals surface area contributed by atoms with Crippen molar-refractivity contribution in [2.75, 3.05) is 0 Å². The lowest BCUT2D eigenvalue weighted by molar-refractivity contribution is -0.117. The van der Waals surface area contributed by atoms with Crippen molar-refractivity contribution >= 4 is 5.78 Å². The van der Waals surface area contributed by atoms with Gasteiger partial charge >= 0.3 is 0 Å². The van der Waals surface area contributed by atoms with Crippen LogP contribution in [0.1, 0.15) is 96.8 Å². The zero-order valence-electron chi connectivity index (χ0n) is 14.9. The second-order valence-electron chi connectivity index (χ2n) is 6.71. The number of ketones is 1. The minimum absolute atomic E-state index is 0.0922. The maximum atomic E-state index is 10.8. The number of carbonyl (C=O) groups excluding carboxylic acids is 1. The van der Waals surface area contributed by atoms with E-state index in [0.29, 0.717) is 19.3 Å². The highest BCUT2D eigenvalue weighted by molar-refractivity contribution is 5.75. The van der Waals surface area contributed by atoms with Crippen LogP contribution in [-0.2, 0) is 4.79 Å². The first-order valence-corrected chi connectivity index (χ1v) is 9.35. The van der Waals surface area contributed by atoms with Gasteiger partial charge in [-0.25, -0.2) is 0 Å². The van der Waals surface area contributed by atoms with Crippen LogP contribution in [0.4, 0.5) is 0 Å². The normalized spacial score (nSPS) is 13.5. The average molecular weight is 325 g/mol. The van der Waals surface area contributed by atoms with Crippen LogP contribution in [-0.4, -0.2) is 28.2 Å². The van der Waals surface area contributed by atoms with E-state index in [1.807, 2.05) is 0 Å². The number of unbranched alkanes of at least 4 members (excludes halogenated alkanes) is 9. The molecule has 0 aromatic carbocycles. The smallest absolute Gasteiger partial charge is 0.129 e. The van der Waals surface area contributed by atoms with Crippen LogP contribution in [0.3, 0.4) is 0 Å². The zero-order valence-corrected chi connectivity index (χ0v) is 14.9. The van der Waals surface area contributed by atoms with E-state index in [4.69, 9.17) is 6.42 Å². The van der Waals surface area contributed by atoms with E-state index >= 15 is 0 Å². The summed E-state index contributed by atoms with van der Waals surface area (Å²) in [6.45, 7) is 1.53. The number of aliphatic hydroxyl groups is 2. The van der Waals surface area contributed by atoms with Gasteiger partial charge in [-0.2, -0.15) is 0 Å². The van der Waals surface area contributed by atoms with E-state index in [0.717, 1.165) is 32.1 Å². The maximum Gasteiger partial charge on any atom is 0.129 e. The fraction of sp³-hybridized carbons (Fsp3) is 0.850. The largest absolute Gasteiger partial charge is 0.393 e. The summed E-state index contributed by atoms with van der Waals surface area (Å²) in [7, 11) is 0. The van der Waals surface area contributed by atoms with Crippen LogP contribution in [0.5, 0.6) is 0 Å². The van der Waals surface area contributed by atoms with Gasteiger partial charge in [0.2, 0.25) is 0 Å². The highest BCUT2D eigenvalue weighted by Crippen LogP contribution is 2.14. The molecule has 0 aromatic heterocycles. The van der Waals surface area contributed by atoms with Gasteiger partial charge in [0.25, 0.3) is 0 Å². The van der Waals surface area contributed by atoms with Gasteiger partial charge in [-0.1, -0.05) is 51.4 Å². The Hall–Kier alpha value is -0.850. The fourth-order valence-electron chi connectivity index (χ4n) is 2.76. The van der Waals surface area contributed by atoms with Gasteiger partial charge in [0, 0.05) is 12.8 Å². The van der Waals surface area contributed by atoms with Crippen molar-refractivity contribution in [2.45, 2.75) is 109 Å². The molecule has 2 atom stereocenters. The van der Waals surface area contributed by atoms with Crippen LogP contribution in [0.2, 0.25) is 0 Å². The van der Waals surface area contributed by atoms with Gasteiger partial charge in [-0.15, -0.1) is 12.3 Å². The summed E-state index contributed by atoms with van der Waals surface area (Å²) >= 11 is 0. The molecule has 3 nitrogen and oxygen atoms in total. The molecule has 0 aromatic rings. The highest BCUT2D eigenvalue weighted by atomic mass is 16.3. The molecule has 2 N–H and O–H groups in total. The predicted octanol–water partition coefficient (Wildman–Crippen LogP) is 4.39. The molecule has 134 valence electrons. The quantitative estimate of drug-likeness (QED) is 0.327. The lowest BCUT2D eigenvalue weighted by Crippen LogP contribution is -2.18. The van der Waals surface area contributed by atoms with Gasteiger partial charge in [0.1, 0.15) is 5.78 Å². The molecule has 0 unspecified atom stereocenters. The van der Waals surface area contributed by atoms with Crippen LogP contribution in [0, 0.1) is 12.3 Å². The Bertz CT molecular complexity index is 319. The van der Waals surface area contributed by atoms with E-state index in [-0.39, 0.29) is 5.78 Å². The van der Waals surface area contributed by atoms with Crippen LogP contribution >= 0.6 is 0 Å². The van der Waals surface area contributed by atoms with E-state index in [9.17, 15) is 15.0 Å². The summed E-state index contributed by atoms with van der Waals surface area (Å²) in [6.07, 6.45) is 18.1. The van der Waals surface area contributed by atoms with Gasteiger partial charge in [0.05, 0.1) is 12.2 Å². The maximum absolute atomic E-state index is 10.8. The zero-order chi connectivity index (χ0) is 17.3. The molecule has 0 rings (SSSR count). The SMILES string of the molecule is C#CCCCCCCCCCCC[C@H](O)C[C@H](O)CCC(C)=O. The first-order valence-electron chi connectivity index (χ1n) is 9.35. The Kier molecular flexibility index (Phi) is 15.4. The lowest BCUT2D eigenvalue weighted by Gasteiger charge is -2.15. The Morgan fingerprint density at radius 2 is 1.35 bits per heavy atom. The summed E-state index contributed by atoms with van der Waals surface area (Å²) < 4.78 is 0. The third-order valence-corrected chi connectivity index (χ3v) is 4.23. The van der Waals surface area contributed by atoms with Crippen molar-refractivity contribution in [3.63, 3.8) is 0 Å². The minimum atomic E-state index is -0.552. The molecule has 23 heavy (non-hydrogen) atoms. The number of carbonyl (C=O) groups is 1. The second-order valence-corrected chi connectivity index (χ2v) is 6.71.